The molecule has 0 bridgehead atoms. The highest BCUT2D eigenvalue weighted by atomic mass is 16.4. The number of aromatic carboxylic acids is 1. The molecule has 0 aliphatic heterocycles. The number of aryl methyl sites for hydroxylation is 1. The number of nitrogens with one attached hydrogen (secondary N) is 1. The summed E-state index contributed by atoms with van der Waals surface area (Å²) in [6.45, 7) is 2.62. The van der Waals surface area contributed by atoms with Gasteiger partial charge in [0.1, 0.15) is 5.56 Å². The molecule has 6 heteroatoms. The number of fused-ring (bicyclic) bond motifs is 1. The number of rotatable bonds is 5. The highest BCUT2D eigenvalue weighted by Crippen LogP contribution is 2.25. The van der Waals surface area contributed by atoms with Crippen molar-refractivity contribution in [1.82, 2.24) is 14.8 Å². The fourth-order valence-electron chi connectivity index (χ4n) is 1.90. The SMILES string of the molecule is C/C=C/CCNc1c(C(=O)O)cnc2c1cnn2C. The summed E-state index contributed by atoms with van der Waals surface area (Å²) in [5, 5.41) is 17.2. The fraction of sp³-hybridized carbons (Fsp3) is 0.308. The monoisotopic (exact) mass is 260 g/mol. The lowest BCUT2D eigenvalue weighted by Crippen LogP contribution is -2.08. The van der Waals surface area contributed by atoms with Gasteiger partial charge in [-0.05, 0) is 13.3 Å². The third kappa shape index (κ3) is 2.57. The van der Waals surface area contributed by atoms with Crippen molar-refractivity contribution >= 4 is 22.7 Å². The first-order valence-electron chi connectivity index (χ1n) is 6.04. The summed E-state index contributed by atoms with van der Waals surface area (Å²) in [7, 11) is 1.78. The Balaban J connectivity index is 2.41. The average molecular weight is 260 g/mol. The summed E-state index contributed by atoms with van der Waals surface area (Å²) in [4.78, 5) is 15.4. The second kappa shape index (κ2) is 5.51. The van der Waals surface area contributed by atoms with Crippen LogP contribution in [0.25, 0.3) is 11.0 Å². The lowest BCUT2D eigenvalue weighted by atomic mass is 10.2. The molecule has 0 atom stereocenters. The van der Waals surface area contributed by atoms with E-state index in [4.69, 9.17) is 0 Å². The van der Waals surface area contributed by atoms with Crippen LogP contribution in [0.1, 0.15) is 23.7 Å². The Morgan fingerprint density at radius 1 is 1.53 bits per heavy atom. The molecular formula is C13H16N4O2. The van der Waals surface area contributed by atoms with Crippen LogP contribution in [0.4, 0.5) is 5.69 Å². The Morgan fingerprint density at radius 2 is 2.32 bits per heavy atom. The predicted octanol–water partition coefficient (Wildman–Crippen LogP) is 2.04. The van der Waals surface area contributed by atoms with Crippen molar-refractivity contribution in [2.24, 2.45) is 7.05 Å². The summed E-state index contributed by atoms with van der Waals surface area (Å²) in [5.41, 5.74) is 1.41. The van der Waals surface area contributed by atoms with Crippen molar-refractivity contribution in [3.05, 3.63) is 30.1 Å². The number of allylic oxidation sites excluding steroid dienone is 1. The molecule has 2 N–H and O–H groups in total. The van der Waals surface area contributed by atoms with Gasteiger partial charge in [-0.15, -0.1) is 0 Å². The number of carboxylic acid groups (broad SMARTS) is 1. The molecule has 0 radical (unpaired) electrons. The number of pyridine rings is 1. The summed E-state index contributed by atoms with van der Waals surface area (Å²) in [6.07, 6.45) is 7.82. The van der Waals surface area contributed by atoms with E-state index in [0.29, 0.717) is 17.9 Å². The molecule has 2 aromatic rings. The van der Waals surface area contributed by atoms with Crippen molar-refractivity contribution < 1.29 is 9.90 Å². The Bertz CT molecular complexity index is 631. The van der Waals surface area contributed by atoms with Gasteiger partial charge in [0.15, 0.2) is 5.65 Å². The van der Waals surface area contributed by atoms with Gasteiger partial charge in [-0.3, -0.25) is 4.68 Å². The van der Waals surface area contributed by atoms with Gasteiger partial charge in [0.05, 0.1) is 17.3 Å². The topological polar surface area (TPSA) is 80.0 Å². The molecule has 0 saturated heterocycles. The van der Waals surface area contributed by atoms with Crippen LogP contribution in [0.3, 0.4) is 0 Å². The zero-order chi connectivity index (χ0) is 13.8. The van der Waals surface area contributed by atoms with Crippen molar-refractivity contribution in [2.75, 3.05) is 11.9 Å². The standard InChI is InChI=1S/C13H16N4O2/c1-3-4-5-6-14-11-9-8-16-17(2)12(9)15-7-10(11)13(18)19/h3-4,7-8H,5-6H2,1-2H3,(H,14,15)(H,18,19)/b4-3+. The number of anilines is 1. The van der Waals surface area contributed by atoms with E-state index in [0.717, 1.165) is 11.8 Å². The maximum absolute atomic E-state index is 11.2. The predicted molar refractivity (Wildman–Crippen MR) is 73.4 cm³/mol. The van der Waals surface area contributed by atoms with Gasteiger partial charge in [0.2, 0.25) is 0 Å². The smallest absolute Gasteiger partial charge is 0.339 e. The second-order valence-corrected chi connectivity index (χ2v) is 4.14. The molecule has 19 heavy (non-hydrogen) atoms. The zero-order valence-electron chi connectivity index (χ0n) is 10.9. The van der Waals surface area contributed by atoms with Crippen LogP contribution in [0.2, 0.25) is 0 Å². The Labute approximate surface area is 110 Å². The molecule has 2 rings (SSSR count). The highest BCUT2D eigenvalue weighted by molar-refractivity contribution is 6.03. The van der Waals surface area contributed by atoms with Gasteiger partial charge in [-0.25, -0.2) is 9.78 Å². The van der Waals surface area contributed by atoms with E-state index in [-0.39, 0.29) is 5.56 Å². The third-order valence-electron chi connectivity index (χ3n) is 2.84. The maximum atomic E-state index is 11.2. The van der Waals surface area contributed by atoms with Gasteiger partial charge in [-0.1, -0.05) is 12.2 Å². The summed E-state index contributed by atoms with van der Waals surface area (Å²) < 4.78 is 1.62. The first-order chi connectivity index (χ1) is 9.15. The van der Waals surface area contributed by atoms with Crippen molar-refractivity contribution in [2.45, 2.75) is 13.3 Å². The average Bonchev–Trinajstić information content (AvgIpc) is 2.76. The van der Waals surface area contributed by atoms with Crippen molar-refractivity contribution in [3.63, 3.8) is 0 Å². The van der Waals surface area contributed by atoms with E-state index < -0.39 is 5.97 Å². The molecule has 2 heterocycles. The zero-order valence-corrected chi connectivity index (χ0v) is 10.9. The molecule has 0 aliphatic rings. The Hall–Kier alpha value is -2.37. The fourth-order valence-corrected chi connectivity index (χ4v) is 1.90. The number of hydrogen-bond donors (Lipinski definition) is 2. The summed E-state index contributed by atoms with van der Waals surface area (Å²) in [6, 6.07) is 0. The van der Waals surface area contributed by atoms with Crippen LogP contribution in [0.15, 0.2) is 24.5 Å². The number of aromatic nitrogens is 3. The Morgan fingerprint density at radius 3 is 3.00 bits per heavy atom. The van der Waals surface area contributed by atoms with Gasteiger partial charge >= 0.3 is 5.97 Å². The molecule has 2 aromatic heterocycles. The van der Waals surface area contributed by atoms with Crippen molar-refractivity contribution in [1.29, 1.82) is 0 Å². The third-order valence-corrected chi connectivity index (χ3v) is 2.84. The molecule has 6 nitrogen and oxygen atoms in total. The molecule has 0 fully saturated rings. The van der Waals surface area contributed by atoms with Crippen LogP contribution in [0, 0.1) is 0 Å². The first-order valence-corrected chi connectivity index (χ1v) is 6.04. The Kier molecular flexibility index (Phi) is 3.79. The van der Waals surface area contributed by atoms with Gasteiger partial charge < -0.3 is 10.4 Å². The molecule has 0 spiro atoms. The lowest BCUT2D eigenvalue weighted by molar-refractivity contribution is 0.0697. The normalized spacial score (nSPS) is 11.3. The van der Waals surface area contributed by atoms with E-state index in [2.05, 4.69) is 15.4 Å². The van der Waals surface area contributed by atoms with Crippen LogP contribution >= 0.6 is 0 Å². The van der Waals surface area contributed by atoms with E-state index >= 15 is 0 Å². The van der Waals surface area contributed by atoms with Gasteiger partial charge in [0, 0.05) is 19.8 Å². The largest absolute Gasteiger partial charge is 0.478 e. The minimum absolute atomic E-state index is 0.168. The number of carboxylic acids is 1. The summed E-state index contributed by atoms with van der Waals surface area (Å²) in [5.74, 6) is -0.994. The van der Waals surface area contributed by atoms with Gasteiger partial charge in [-0.2, -0.15) is 5.10 Å². The van der Waals surface area contributed by atoms with Crippen LogP contribution in [-0.4, -0.2) is 32.4 Å². The number of hydrogen-bond acceptors (Lipinski definition) is 4. The molecule has 0 aromatic carbocycles. The molecule has 0 saturated carbocycles. The number of nitrogens with zero attached hydrogens (tertiary/aromatic N) is 3. The van der Waals surface area contributed by atoms with Crippen LogP contribution in [-0.2, 0) is 7.05 Å². The quantitative estimate of drug-likeness (QED) is 0.635. The van der Waals surface area contributed by atoms with Crippen LogP contribution < -0.4 is 5.32 Å². The summed E-state index contributed by atoms with van der Waals surface area (Å²) >= 11 is 0. The van der Waals surface area contributed by atoms with E-state index in [9.17, 15) is 9.90 Å². The molecule has 0 aliphatic carbocycles. The van der Waals surface area contributed by atoms with E-state index in [1.165, 1.54) is 6.20 Å². The van der Waals surface area contributed by atoms with Crippen molar-refractivity contribution in [3.8, 4) is 0 Å². The van der Waals surface area contributed by atoms with Gasteiger partial charge in [0.25, 0.3) is 0 Å². The number of carbonyl (C=O) groups is 1. The molecular weight excluding hydrogens is 244 g/mol. The second-order valence-electron chi connectivity index (χ2n) is 4.14. The minimum atomic E-state index is -0.994. The lowest BCUT2D eigenvalue weighted by Gasteiger charge is -2.09. The molecule has 0 unspecified atom stereocenters. The molecule has 100 valence electrons. The first kappa shape index (κ1) is 13.1. The highest BCUT2D eigenvalue weighted by Gasteiger charge is 2.16. The van der Waals surface area contributed by atoms with E-state index in [1.807, 2.05) is 19.1 Å². The van der Waals surface area contributed by atoms with Crippen LogP contribution in [0.5, 0.6) is 0 Å². The van der Waals surface area contributed by atoms with E-state index in [1.54, 1.807) is 17.9 Å². The molecule has 0 amide bonds. The minimum Gasteiger partial charge on any atom is -0.478 e. The maximum Gasteiger partial charge on any atom is 0.339 e.